The number of hydrogen-bond acceptors (Lipinski definition) is 2. The average molecular weight is 425 g/mol. The minimum absolute atomic E-state index is 0.0460. The van der Waals surface area contributed by atoms with Crippen LogP contribution in [0.15, 0.2) is 22.7 Å². The van der Waals surface area contributed by atoms with E-state index >= 15 is 0 Å². The number of halogens is 2. The van der Waals surface area contributed by atoms with Gasteiger partial charge in [0.05, 0.1) is 5.56 Å². The second kappa shape index (κ2) is 6.34. The van der Waals surface area contributed by atoms with Crippen LogP contribution in [0.3, 0.4) is 0 Å². The zero-order valence-corrected chi connectivity index (χ0v) is 14.8. The standard InChI is InChI=1S/C13H18BrIN2O/c1-13(2,17(3)4)8-16-12(18)10-7-9(15)5-6-11(10)14/h5-7H,8H2,1-4H3,(H,16,18). The Morgan fingerprint density at radius 3 is 2.61 bits per heavy atom. The first-order valence-electron chi connectivity index (χ1n) is 5.65. The third kappa shape index (κ3) is 4.20. The Kier molecular flexibility index (Phi) is 5.61. The first-order chi connectivity index (χ1) is 8.24. The fourth-order valence-corrected chi connectivity index (χ4v) is 2.14. The van der Waals surface area contributed by atoms with Crippen molar-refractivity contribution in [1.29, 1.82) is 0 Å². The van der Waals surface area contributed by atoms with E-state index in [9.17, 15) is 4.79 Å². The van der Waals surface area contributed by atoms with Gasteiger partial charge in [0.1, 0.15) is 0 Å². The van der Waals surface area contributed by atoms with Crippen molar-refractivity contribution >= 4 is 44.4 Å². The van der Waals surface area contributed by atoms with E-state index in [4.69, 9.17) is 0 Å². The van der Waals surface area contributed by atoms with Gasteiger partial charge in [-0.3, -0.25) is 4.79 Å². The number of rotatable bonds is 4. The Bertz CT molecular complexity index is 447. The molecule has 0 spiro atoms. The van der Waals surface area contributed by atoms with E-state index in [1.807, 2.05) is 32.3 Å². The van der Waals surface area contributed by atoms with Crippen LogP contribution < -0.4 is 5.32 Å². The maximum atomic E-state index is 12.1. The maximum Gasteiger partial charge on any atom is 0.252 e. The molecule has 0 aromatic heterocycles. The second-order valence-electron chi connectivity index (χ2n) is 5.01. The first-order valence-corrected chi connectivity index (χ1v) is 7.52. The highest BCUT2D eigenvalue weighted by Crippen LogP contribution is 2.19. The number of amides is 1. The molecule has 18 heavy (non-hydrogen) atoms. The van der Waals surface area contributed by atoms with E-state index in [1.165, 1.54) is 0 Å². The summed E-state index contributed by atoms with van der Waals surface area (Å²) in [5.41, 5.74) is 0.612. The van der Waals surface area contributed by atoms with Crippen LogP contribution in [-0.4, -0.2) is 37.0 Å². The largest absolute Gasteiger partial charge is 0.350 e. The van der Waals surface area contributed by atoms with Gasteiger partial charge in [-0.1, -0.05) is 0 Å². The molecule has 0 radical (unpaired) electrons. The second-order valence-corrected chi connectivity index (χ2v) is 7.11. The normalized spacial score (nSPS) is 11.7. The molecule has 0 heterocycles. The average Bonchev–Trinajstić information content (AvgIpc) is 2.29. The van der Waals surface area contributed by atoms with E-state index < -0.39 is 0 Å². The maximum absolute atomic E-state index is 12.1. The molecule has 0 saturated heterocycles. The number of nitrogens with zero attached hydrogens (tertiary/aromatic N) is 1. The molecule has 0 unspecified atom stereocenters. The Hall–Kier alpha value is -0.140. The van der Waals surface area contributed by atoms with Crippen molar-refractivity contribution in [2.75, 3.05) is 20.6 Å². The molecular formula is C13H18BrIN2O. The molecule has 0 bridgehead atoms. The number of carbonyl (C=O) groups excluding carboxylic acids is 1. The molecule has 1 aromatic carbocycles. The lowest BCUT2D eigenvalue weighted by molar-refractivity contribution is 0.0919. The van der Waals surface area contributed by atoms with Gasteiger partial charge in [-0.25, -0.2) is 0 Å². The fraction of sp³-hybridized carbons (Fsp3) is 0.462. The molecule has 0 saturated carbocycles. The molecule has 1 aromatic rings. The molecule has 1 amide bonds. The summed E-state index contributed by atoms with van der Waals surface area (Å²) in [5.74, 6) is -0.0460. The zero-order chi connectivity index (χ0) is 13.9. The van der Waals surface area contributed by atoms with E-state index in [1.54, 1.807) is 0 Å². The van der Waals surface area contributed by atoms with Crippen LogP contribution in [0.5, 0.6) is 0 Å². The minimum atomic E-state index is -0.0654. The van der Waals surface area contributed by atoms with Crippen molar-refractivity contribution in [3.63, 3.8) is 0 Å². The highest BCUT2D eigenvalue weighted by atomic mass is 127. The van der Waals surface area contributed by atoms with Crippen LogP contribution in [-0.2, 0) is 0 Å². The van der Waals surface area contributed by atoms with Crippen LogP contribution in [0.4, 0.5) is 0 Å². The zero-order valence-electron chi connectivity index (χ0n) is 11.1. The summed E-state index contributed by atoms with van der Waals surface area (Å²) < 4.78 is 1.87. The molecule has 0 atom stereocenters. The quantitative estimate of drug-likeness (QED) is 0.753. The van der Waals surface area contributed by atoms with Gasteiger partial charge in [0.15, 0.2) is 0 Å². The molecule has 1 N–H and O–H groups in total. The summed E-state index contributed by atoms with van der Waals surface area (Å²) in [7, 11) is 4.01. The van der Waals surface area contributed by atoms with Gasteiger partial charge >= 0.3 is 0 Å². The third-order valence-corrected chi connectivity index (χ3v) is 4.43. The van der Waals surface area contributed by atoms with E-state index in [0.29, 0.717) is 12.1 Å². The SMILES string of the molecule is CN(C)C(C)(C)CNC(=O)c1cc(I)ccc1Br. The number of likely N-dealkylation sites (N-methyl/N-ethyl adjacent to an activating group) is 1. The van der Waals surface area contributed by atoms with Gasteiger partial charge < -0.3 is 10.2 Å². The summed E-state index contributed by atoms with van der Waals surface area (Å²) in [5, 5.41) is 2.97. The summed E-state index contributed by atoms with van der Waals surface area (Å²) in [6.45, 7) is 4.80. The molecule has 0 aliphatic rings. The monoisotopic (exact) mass is 424 g/mol. The molecule has 3 nitrogen and oxygen atoms in total. The van der Waals surface area contributed by atoms with Gasteiger partial charge in [0.2, 0.25) is 0 Å². The lowest BCUT2D eigenvalue weighted by atomic mass is 10.0. The summed E-state index contributed by atoms with van der Waals surface area (Å²) in [6.07, 6.45) is 0. The number of hydrogen-bond donors (Lipinski definition) is 1. The summed E-state index contributed by atoms with van der Waals surface area (Å²) in [4.78, 5) is 14.2. The fourth-order valence-electron chi connectivity index (χ4n) is 1.22. The van der Waals surface area contributed by atoms with Gasteiger partial charge in [-0.05, 0) is 84.7 Å². The van der Waals surface area contributed by atoms with Crippen LogP contribution in [0.1, 0.15) is 24.2 Å². The van der Waals surface area contributed by atoms with Crippen molar-refractivity contribution in [2.45, 2.75) is 19.4 Å². The minimum Gasteiger partial charge on any atom is -0.350 e. The Labute approximate surface area is 131 Å². The number of nitrogens with one attached hydrogen (secondary N) is 1. The van der Waals surface area contributed by atoms with Crippen LogP contribution in [0.25, 0.3) is 0 Å². The third-order valence-electron chi connectivity index (χ3n) is 3.07. The number of carbonyl (C=O) groups is 1. The topological polar surface area (TPSA) is 32.3 Å². The van der Waals surface area contributed by atoms with Gasteiger partial charge in [0, 0.05) is 20.1 Å². The van der Waals surface area contributed by atoms with Gasteiger partial charge in [-0.2, -0.15) is 0 Å². The van der Waals surface area contributed by atoms with Crippen molar-refractivity contribution in [2.24, 2.45) is 0 Å². The van der Waals surface area contributed by atoms with Crippen molar-refractivity contribution in [1.82, 2.24) is 10.2 Å². The van der Waals surface area contributed by atoms with Crippen molar-refractivity contribution in [3.05, 3.63) is 31.8 Å². The molecule has 0 fully saturated rings. The van der Waals surface area contributed by atoms with Crippen LogP contribution >= 0.6 is 38.5 Å². The van der Waals surface area contributed by atoms with Gasteiger partial charge in [-0.15, -0.1) is 0 Å². The molecule has 100 valence electrons. The highest BCUT2D eigenvalue weighted by molar-refractivity contribution is 14.1. The Morgan fingerprint density at radius 1 is 1.44 bits per heavy atom. The molecule has 0 aliphatic heterocycles. The molecular weight excluding hydrogens is 407 g/mol. The Balaban J connectivity index is 2.75. The summed E-state index contributed by atoms with van der Waals surface area (Å²) in [6, 6.07) is 5.74. The molecule has 1 rings (SSSR count). The lowest BCUT2D eigenvalue weighted by Gasteiger charge is -2.32. The predicted octanol–water partition coefficient (Wildman–Crippen LogP) is 3.12. The smallest absolute Gasteiger partial charge is 0.252 e. The van der Waals surface area contributed by atoms with E-state index in [0.717, 1.165) is 8.04 Å². The lowest BCUT2D eigenvalue weighted by Crippen LogP contribution is -2.48. The first kappa shape index (κ1) is 15.9. The molecule has 5 heteroatoms. The molecule has 0 aliphatic carbocycles. The van der Waals surface area contributed by atoms with Crippen molar-refractivity contribution < 1.29 is 4.79 Å². The summed E-state index contributed by atoms with van der Waals surface area (Å²) >= 11 is 5.61. The number of benzene rings is 1. The van der Waals surface area contributed by atoms with Crippen molar-refractivity contribution in [3.8, 4) is 0 Å². The van der Waals surface area contributed by atoms with Crippen LogP contribution in [0.2, 0.25) is 0 Å². The van der Waals surface area contributed by atoms with E-state index in [2.05, 4.69) is 62.6 Å². The van der Waals surface area contributed by atoms with Crippen LogP contribution in [0, 0.1) is 3.57 Å². The predicted molar refractivity (Wildman–Crippen MR) is 87.0 cm³/mol. The van der Waals surface area contributed by atoms with Gasteiger partial charge in [0.25, 0.3) is 5.91 Å². The Morgan fingerprint density at radius 2 is 2.06 bits per heavy atom. The van der Waals surface area contributed by atoms with E-state index in [-0.39, 0.29) is 11.4 Å². The highest BCUT2D eigenvalue weighted by Gasteiger charge is 2.21.